The minimum atomic E-state index is -3.52. The van der Waals surface area contributed by atoms with Crippen LogP contribution in [0.4, 0.5) is 5.69 Å². The molecule has 1 aliphatic heterocycles. The Balaban J connectivity index is 1.87. The fourth-order valence-electron chi connectivity index (χ4n) is 3.52. The second-order valence-electron chi connectivity index (χ2n) is 6.89. The topological polar surface area (TPSA) is 66.5 Å². The smallest absolute Gasteiger partial charge is 0.243 e. The first-order chi connectivity index (χ1) is 10.8. The van der Waals surface area contributed by atoms with Gasteiger partial charge in [-0.05, 0) is 62.3 Å². The van der Waals surface area contributed by atoms with Gasteiger partial charge in [0.2, 0.25) is 15.9 Å². The molecule has 1 N–H and O–H groups in total. The highest BCUT2D eigenvalue weighted by Crippen LogP contribution is 2.35. The van der Waals surface area contributed by atoms with Crippen LogP contribution < -0.4 is 5.32 Å². The van der Waals surface area contributed by atoms with Crippen molar-refractivity contribution in [3.63, 3.8) is 0 Å². The molecule has 0 saturated heterocycles. The van der Waals surface area contributed by atoms with Crippen LogP contribution in [-0.4, -0.2) is 31.7 Å². The molecule has 0 radical (unpaired) electrons. The maximum atomic E-state index is 12.9. The number of carbonyl (C=O) groups is 1. The van der Waals surface area contributed by atoms with Gasteiger partial charge < -0.3 is 5.32 Å². The van der Waals surface area contributed by atoms with E-state index in [0.717, 1.165) is 36.9 Å². The summed E-state index contributed by atoms with van der Waals surface area (Å²) in [6, 6.07) is 5.01. The first-order valence-corrected chi connectivity index (χ1v) is 9.67. The van der Waals surface area contributed by atoms with Gasteiger partial charge >= 0.3 is 0 Å². The van der Waals surface area contributed by atoms with Gasteiger partial charge in [-0.2, -0.15) is 4.31 Å². The summed E-state index contributed by atoms with van der Waals surface area (Å²) in [5.74, 6) is 0.297. The Morgan fingerprint density at radius 2 is 1.78 bits per heavy atom. The first-order valence-electron chi connectivity index (χ1n) is 8.23. The molecule has 1 atom stereocenters. The third-order valence-electron chi connectivity index (χ3n) is 5.32. The van der Waals surface area contributed by atoms with Gasteiger partial charge in [-0.25, -0.2) is 8.42 Å². The van der Waals surface area contributed by atoms with E-state index >= 15 is 0 Å². The predicted octanol–water partition coefficient (Wildman–Crippen LogP) is 2.94. The number of fused-ring (bicyclic) bond motifs is 1. The van der Waals surface area contributed by atoms with Crippen LogP contribution in [0.5, 0.6) is 0 Å². The lowest BCUT2D eigenvalue weighted by molar-refractivity contribution is -0.116. The van der Waals surface area contributed by atoms with Gasteiger partial charge in [-0.1, -0.05) is 6.92 Å². The molecule has 1 amide bonds. The van der Waals surface area contributed by atoms with Crippen molar-refractivity contribution in [1.82, 2.24) is 4.31 Å². The van der Waals surface area contributed by atoms with Crippen molar-refractivity contribution < 1.29 is 13.2 Å². The van der Waals surface area contributed by atoms with E-state index in [4.69, 9.17) is 0 Å². The van der Waals surface area contributed by atoms with Crippen molar-refractivity contribution in [1.29, 1.82) is 0 Å². The number of hydrogen-bond donors (Lipinski definition) is 1. The molecule has 0 unspecified atom stereocenters. The number of amides is 1. The number of nitrogens with zero attached hydrogens (tertiary/aromatic N) is 1. The van der Waals surface area contributed by atoms with Crippen molar-refractivity contribution >= 4 is 21.6 Å². The number of nitrogens with one attached hydrogen (secondary N) is 1. The summed E-state index contributed by atoms with van der Waals surface area (Å²) in [5.41, 5.74) is 1.48. The van der Waals surface area contributed by atoms with E-state index in [2.05, 4.69) is 12.2 Å². The van der Waals surface area contributed by atoms with Gasteiger partial charge in [0.05, 0.1) is 10.8 Å². The number of sulfonamides is 1. The van der Waals surface area contributed by atoms with Crippen molar-refractivity contribution in [3.8, 4) is 0 Å². The van der Waals surface area contributed by atoms with Crippen LogP contribution in [0, 0.1) is 5.92 Å². The molecule has 0 aromatic heterocycles. The van der Waals surface area contributed by atoms with Gasteiger partial charge in [0.25, 0.3) is 0 Å². The van der Waals surface area contributed by atoms with Crippen LogP contribution in [0.2, 0.25) is 0 Å². The van der Waals surface area contributed by atoms with E-state index < -0.39 is 10.0 Å². The summed E-state index contributed by atoms with van der Waals surface area (Å²) < 4.78 is 27.4. The van der Waals surface area contributed by atoms with Gasteiger partial charge in [-0.15, -0.1) is 0 Å². The third kappa shape index (κ3) is 2.90. The van der Waals surface area contributed by atoms with Crippen molar-refractivity contribution in [2.75, 3.05) is 12.4 Å². The highest BCUT2D eigenvalue weighted by atomic mass is 32.2. The predicted molar refractivity (Wildman–Crippen MR) is 89.9 cm³/mol. The molecule has 3 rings (SSSR count). The molecule has 23 heavy (non-hydrogen) atoms. The highest BCUT2D eigenvalue weighted by Gasteiger charge is 2.33. The van der Waals surface area contributed by atoms with Gasteiger partial charge in [0.15, 0.2) is 0 Å². The molecule has 1 aliphatic carbocycles. The van der Waals surface area contributed by atoms with E-state index in [0.29, 0.717) is 5.92 Å². The van der Waals surface area contributed by atoms with E-state index in [-0.39, 0.29) is 22.8 Å². The van der Waals surface area contributed by atoms with Crippen molar-refractivity contribution in [3.05, 3.63) is 23.8 Å². The molecule has 2 aliphatic rings. The Bertz CT molecular complexity index is 721. The minimum Gasteiger partial charge on any atom is -0.325 e. The van der Waals surface area contributed by atoms with E-state index in [1.54, 1.807) is 32.2 Å². The fourth-order valence-corrected chi connectivity index (χ4v) is 4.98. The summed E-state index contributed by atoms with van der Waals surface area (Å²) >= 11 is 0. The quantitative estimate of drug-likeness (QED) is 0.923. The lowest BCUT2D eigenvalue weighted by atomic mass is 9.87. The molecular formula is C17H24N2O3S. The summed E-state index contributed by atoms with van der Waals surface area (Å²) in [6.45, 7) is 4.01. The number of carbonyl (C=O) groups excluding carboxylic acids is 1. The molecule has 1 aromatic carbocycles. The molecule has 1 fully saturated rings. The molecule has 0 bridgehead atoms. The van der Waals surface area contributed by atoms with E-state index in [1.807, 2.05) is 0 Å². The van der Waals surface area contributed by atoms with E-state index in [1.165, 1.54) is 4.31 Å². The van der Waals surface area contributed by atoms with Crippen LogP contribution in [0.15, 0.2) is 23.1 Å². The molecule has 126 valence electrons. The SMILES string of the molecule is CC1CCC(N(C)S(=O)(=O)c2ccc3c(c2)[C@H](C)C(=O)N3)CC1. The van der Waals surface area contributed by atoms with Crippen LogP contribution in [0.25, 0.3) is 0 Å². The number of rotatable bonds is 3. The van der Waals surface area contributed by atoms with Crippen LogP contribution in [0.3, 0.4) is 0 Å². The Labute approximate surface area is 138 Å². The van der Waals surface area contributed by atoms with Gasteiger partial charge in [0, 0.05) is 18.8 Å². The average Bonchev–Trinajstić information content (AvgIpc) is 2.82. The van der Waals surface area contributed by atoms with E-state index in [9.17, 15) is 13.2 Å². The van der Waals surface area contributed by atoms with Crippen molar-refractivity contribution in [2.45, 2.75) is 56.4 Å². The Morgan fingerprint density at radius 3 is 2.43 bits per heavy atom. The van der Waals surface area contributed by atoms with Gasteiger partial charge in [0.1, 0.15) is 0 Å². The summed E-state index contributed by atoms with van der Waals surface area (Å²) in [6.07, 6.45) is 3.98. The lowest BCUT2D eigenvalue weighted by Gasteiger charge is -2.32. The zero-order valence-electron chi connectivity index (χ0n) is 13.9. The monoisotopic (exact) mass is 336 g/mol. The number of benzene rings is 1. The molecule has 1 saturated carbocycles. The lowest BCUT2D eigenvalue weighted by Crippen LogP contribution is -2.39. The number of anilines is 1. The summed E-state index contributed by atoms with van der Waals surface area (Å²) in [5, 5.41) is 2.78. The molecule has 0 spiro atoms. The van der Waals surface area contributed by atoms with Crippen LogP contribution in [0.1, 0.15) is 51.0 Å². The second kappa shape index (κ2) is 5.91. The molecule has 1 aromatic rings. The minimum absolute atomic E-state index is 0.0710. The maximum Gasteiger partial charge on any atom is 0.243 e. The standard InChI is InChI=1S/C17H24N2O3S/c1-11-4-6-13(7-5-11)19(3)23(21,22)14-8-9-16-15(10-14)12(2)17(20)18-16/h8-13H,4-7H2,1-3H3,(H,18,20)/t11?,12-,13?/m0/s1. The second-order valence-corrected chi connectivity index (χ2v) is 8.89. The Hall–Kier alpha value is -1.40. The molecule has 5 nitrogen and oxygen atoms in total. The first kappa shape index (κ1) is 16.5. The number of hydrogen-bond acceptors (Lipinski definition) is 3. The van der Waals surface area contributed by atoms with Gasteiger partial charge in [-0.3, -0.25) is 4.79 Å². The molecule has 1 heterocycles. The highest BCUT2D eigenvalue weighted by molar-refractivity contribution is 7.89. The summed E-state index contributed by atoms with van der Waals surface area (Å²) in [4.78, 5) is 12.0. The van der Waals surface area contributed by atoms with Crippen molar-refractivity contribution in [2.24, 2.45) is 5.92 Å². The van der Waals surface area contributed by atoms with Crippen LogP contribution >= 0.6 is 0 Å². The fraction of sp³-hybridized carbons (Fsp3) is 0.588. The maximum absolute atomic E-state index is 12.9. The van der Waals surface area contributed by atoms with Crippen LogP contribution in [-0.2, 0) is 14.8 Å². The molecule has 6 heteroatoms. The third-order valence-corrected chi connectivity index (χ3v) is 7.22. The zero-order valence-corrected chi connectivity index (χ0v) is 14.7. The molecular weight excluding hydrogens is 312 g/mol. The Kier molecular flexibility index (Phi) is 4.23. The average molecular weight is 336 g/mol. The largest absolute Gasteiger partial charge is 0.325 e. The Morgan fingerprint density at radius 1 is 1.13 bits per heavy atom. The summed E-state index contributed by atoms with van der Waals surface area (Å²) in [7, 11) is -1.85. The normalized spacial score (nSPS) is 27.8. The zero-order chi connectivity index (χ0) is 16.8.